The van der Waals surface area contributed by atoms with E-state index >= 15 is 0 Å². The maximum absolute atomic E-state index is 12.7. The Bertz CT molecular complexity index is 876. The summed E-state index contributed by atoms with van der Waals surface area (Å²) in [5.41, 5.74) is 1.70. The Morgan fingerprint density at radius 3 is 2.92 bits per heavy atom. The van der Waals surface area contributed by atoms with Gasteiger partial charge in [-0.15, -0.1) is 0 Å². The van der Waals surface area contributed by atoms with Crippen molar-refractivity contribution in [2.45, 2.75) is 12.8 Å². The number of anilines is 2. The minimum atomic E-state index is -0.0502. The molecule has 0 spiro atoms. The van der Waals surface area contributed by atoms with Gasteiger partial charge in [0, 0.05) is 25.0 Å². The molecule has 0 aliphatic carbocycles. The fourth-order valence-corrected chi connectivity index (χ4v) is 4.12. The van der Waals surface area contributed by atoms with E-state index in [1.807, 2.05) is 36.4 Å². The number of methoxy groups -OCH3 is 1. The van der Waals surface area contributed by atoms with E-state index < -0.39 is 0 Å². The minimum absolute atomic E-state index is 0.0502. The molecule has 6 nitrogen and oxygen atoms in total. The van der Waals surface area contributed by atoms with Crippen molar-refractivity contribution in [1.82, 2.24) is 9.97 Å². The van der Waals surface area contributed by atoms with E-state index in [-0.39, 0.29) is 11.8 Å². The number of hydrogen-bond donors (Lipinski definition) is 1. The van der Waals surface area contributed by atoms with Crippen molar-refractivity contribution in [3.05, 3.63) is 42.6 Å². The second-order valence-electron chi connectivity index (χ2n) is 6.33. The molecule has 7 heteroatoms. The smallest absolute Gasteiger partial charge is 0.229 e. The van der Waals surface area contributed by atoms with Crippen molar-refractivity contribution in [2.75, 3.05) is 30.4 Å². The molecule has 1 aliphatic heterocycles. The van der Waals surface area contributed by atoms with Gasteiger partial charge < -0.3 is 15.0 Å². The molecule has 1 saturated heterocycles. The molecule has 1 fully saturated rings. The predicted molar refractivity (Wildman–Crippen MR) is 104 cm³/mol. The van der Waals surface area contributed by atoms with E-state index in [2.05, 4.69) is 20.2 Å². The number of carbonyl (C=O) groups excluding carboxylic acids is 1. The van der Waals surface area contributed by atoms with Gasteiger partial charge in [-0.1, -0.05) is 11.3 Å². The molecule has 3 heterocycles. The standard InChI is InChI=1S/C19H20N4O2S/c1-25-15-8-6-14(7-9-15)21-17(24)13-4-3-11-23(12-13)19-22-16-5-2-10-20-18(16)26-19/h2,5-10,13H,3-4,11-12H2,1H3,(H,21,24)/t13-/m1/s1. The first-order chi connectivity index (χ1) is 12.7. The third-order valence-electron chi connectivity index (χ3n) is 4.58. The van der Waals surface area contributed by atoms with Gasteiger partial charge in [-0.05, 0) is 49.2 Å². The largest absolute Gasteiger partial charge is 0.497 e. The van der Waals surface area contributed by atoms with E-state index in [1.165, 1.54) is 0 Å². The number of aromatic nitrogens is 2. The van der Waals surface area contributed by atoms with Crippen LogP contribution in [-0.4, -0.2) is 36.1 Å². The summed E-state index contributed by atoms with van der Waals surface area (Å²) in [5.74, 6) is 0.779. The second kappa shape index (κ2) is 7.29. The summed E-state index contributed by atoms with van der Waals surface area (Å²) >= 11 is 1.58. The van der Waals surface area contributed by atoms with Gasteiger partial charge in [-0.3, -0.25) is 4.79 Å². The molecule has 4 rings (SSSR count). The lowest BCUT2D eigenvalue weighted by atomic mass is 9.97. The van der Waals surface area contributed by atoms with E-state index in [0.29, 0.717) is 6.54 Å². The summed E-state index contributed by atoms with van der Waals surface area (Å²) < 4.78 is 5.15. The number of ether oxygens (including phenoxy) is 1. The molecule has 134 valence electrons. The first-order valence-corrected chi connectivity index (χ1v) is 9.46. The van der Waals surface area contributed by atoms with E-state index in [1.54, 1.807) is 24.6 Å². The highest BCUT2D eigenvalue weighted by atomic mass is 32.1. The lowest BCUT2D eigenvalue weighted by Crippen LogP contribution is -2.40. The summed E-state index contributed by atoms with van der Waals surface area (Å²) in [6.45, 7) is 1.61. The quantitative estimate of drug-likeness (QED) is 0.763. The van der Waals surface area contributed by atoms with Crippen molar-refractivity contribution in [3.63, 3.8) is 0 Å². The molecule has 0 bridgehead atoms. The lowest BCUT2D eigenvalue weighted by molar-refractivity contribution is -0.120. The van der Waals surface area contributed by atoms with E-state index in [4.69, 9.17) is 4.74 Å². The van der Waals surface area contributed by atoms with Crippen LogP contribution < -0.4 is 15.0 Å². The summed E-state index contributed by atoms with van der Waals surface area (Å²) in [5, 5.41) is 3.96. The van der Waals surface area contributed by atoms with Gasteiger partial charge in [0.2, 0.25) is 5.91 Å². The highest BCUT2D eigenvalue weighted by Crippen LogP contribution is 2.30. The molecule has 1 N–H and O–H groups in total. The van der Waals surface area contributed by atoms with Crippen molar-refractivity contribution in [3.8, 4) is 5.75 Å². The topological polar surface area (TPSA) is 67.3 Å². The fraction of sp³-hybridized carbons (Fsp3) is 0.316. The maximum Gasteiger partial charge on any atom is 0.229 e. The zero-order chi connectivity index (χ0) is 17.9. The monoisotopic (exact) mass is 368 g/mol. The molecule has 26 heavy (non-hydrogen) atoms. The lowest BCUT2D eigenvalue weighted by Gasteiger charge is -2.31. The average molecular weight is 368 g/mol. The van der Waals surface area contributed by atoms with Crippen LogP contribution in [-0.2, 0) is 4.79 Å². The van der Waals surface area contributed by atoms with Gasteiger partial charge in [0.15, 0.2) is 5.13 Å². The molecule has 1 aliphatic rings. The normalized spacial score (nSPS) is 17.3. The van der Waals surface area contributed by atoms with Crippen molar-refractivity contribution in [1.29, 1.82) is 0 Å². The number of nitrogens with one attached hydrogen (secondary N) is 1. The molecule has 0 unspecified atom stereocenters. The van der Waals surface area contributed by atoms with Crippen molar-refractivity contribution in [2.24, 2.45) is 5.92 Å². The Morgan fingerprint density at radius 1 is 1.31 bits per heavy atom. The average Bonchev–Trinajstić information content (AvgIpc) is 3.13. The van der Waals surface area contributed by atoms with Crippen LogP contribution in [0.25, 0.3) is 10.3 Å². The number of thiazole rings is 1. The van der Waals surface area contributed by atoms with Gasteiger partial charge in [0.05, 0.1) is 13.0 Å². The Balaban J connectivity index is 1.44. The molecular weight excluding hydrogens is 348 g/mol. The number of amides is 1. The Kier molecular flexibility index (Phi) is 4.71. The second-order valence-corrected chi connectivity index (χ2v) is 7.28. The van der Waals surface area contributed by atoms with Gasteiger partial charge in [0.1, 0.15) is 16.1 Å². The molecule has 0 saturated carbocycles. The number of nitrogens with zero attached hydrogens (tertiary/aromatic N) is 3. The van der Waals surface area contributed by atoms with Gasteiger partial charge >= 0.3 is 0 Å². The zero-order valence-corrected chi connectivity index (χ0v) is 15.3. The number of pyridine rings is 1. The zero-order valence-electron chi connectivity index (χ0n) is 14.5. The number of hydrogen-bond acceptors (Lipinski definition) is 6. The van der Waals surface area contributed by atoms with Crippen LogP contribution in [0.4, 0.5) is 10.8 Å². The van der Waals surface area contributed by atoms with Gasteiger partial charge in [-0.25, -0.2) is 9.97 Å². The number of fused-ring (bicyclic) bond motifs is 1. The van der Waals surface area contributed by atoms with Gasteiger partial charge in [0.25, 0.3) is 0 Å². The Hall–Kier alpha value is -2.67. The molecule has 1 amide bonds. The van der Waals surface area contributed by atoms with Crippen LogP contribution in [0.3, 0.4) is 0 Å². The summed E-state index contributed by atoms with van der Waals surface area (Å²) in [6.07, 6.45) is 3.65. The summed E-state index contributed by atoms with van der Waals surface area (Å²) in [6, 6.07) is 11.3. The Morgan fingerprint density at radius 2 is 2.15 bits per heavy atom. The van der Waals surface area contributed by atoms with Gasteiger partial charge in [-0.2, -0.15) is 0 Å². The van der Waals surface area contributed by atoms with Crippen LogP contribution in [0.15, 0.2) is 42.6 Å². The third kappa shape index (κ3) is 3.48. The highest BCUT2D eigenvalue weighted by molar-refractivity contribution is 7.21. The maximum atomic E-state index is 12.7. The van der Waals surface area contributed by atoms with E-state index in [0.717, 1.165) is 46.3 Å². The first-order valence-electron chi connectivity index (χ1n) is 8.64. The van der Waals surface area contributed by atoms with Crippen molar-refractivity contribution < 1.29 is 9.53 Å². The molecule has 0 radical (unpaired) electrons. The Labute approximate surface area is 155 Å². The molecule has 2 aromatic heterocycles. The number of rotatable bonds is 4. The van der Waals surface area contributed by atoms with Crippen LogP contribution in [0.5, 0.6) is 5.75 Å². The highest BCUT2D eigenvalue weighted by Gasteiger charge is 2.27. The molecule has 1 atom stereocenters. The number of piperidine rings is 1. The molecular formula is C19H20N4O2S. The van der Waals surface area contributed by atoms with Crippen LogP contribution in [0.2, 0.25) is 0 Å². The van der Waals surface area contributed by atoms with Crippen LogP contribution in [0, 0.1) is 5.92 Å². The number of carbonyl (C=O) groups is 1. The first kappa shape index (κ1) is 16.8. The SMILES string of the molecule is COc1ccc(NC(=O)[C@@H]2CCCN(c3nc4cccnc4s3)C2)cc1. The summed E-state index contributed by atoms with van der Waals surface area (Å²) in [7, 11) is 1.63. The van der Waals surface area contributed by atoms with E-state index in [9.17, 15) is 4.79 Å². The molecule has 1 aromatic carbocycles. The predicted octanol–water partition coefficient (Wildman–Crippen LogP) is 3.56. The van der Waals surface area contributed by atoms with Crippen LogP contribution in [0.1, 0.15) is 12.8 Å². The summed E-state index contributed by atoms with van der Waals surface area (Å²) in [4.78, 5) is 24.8. The third-order valence-corrected chi connectivity index (χ3v) is 5.62. The number of benzene rings is 1. The van der Waals surface area contributed by atoms with Crippen LogP contribution >= 0.6 is 11.3 Å². The molecule has 3 aromatic rings. The minimum Gasteiger partial charge on any atom is -0.497 e. The fourth-order valence-electron chi connectivity index (χ4n) is 3.18. The van der Waals surface area contributed by atoms with Crippen molar-refractivity contribution >= 4 is 38.4 Å².